The number of thiazole rings is 1. The number of hydrogen-bond acceptors (Lipinski definition) is 7. The van der Waals surface area contributed by atoms with Crippen molar-refractivity contribution in [1.29, 1.82) is 0 Å². The molecule has 30 heavy (non-hydrogen) atoms. The molecule has 3 rings (SSSR count). The number of fused-ring (bicyclic) bond motifs is 1. The molecule has 1 aromatic carbocycles. The number of amides is 2. The molecule has 162 valence electrons. The zero-order chi connectivity index (χ0) is 21.5. The van der Waals surface area contributed by atoms with E-state index in [-0.39, 0.29) is 29.8 Å². The van der Waals surface area contributed by atoms with Crippen molar-refractivity contribution in [2.24, 2.45) is 5.73 Å². The highest BCUT2D eigenvalue weighted by Gasteiger charge is 2.19. The number of aryl methyl sites for hydroxylation is 3. The summed E-state index contributed by atoms with van der Waals surface area (Å²) in [6, 6.07) is 3.09. The van der Waals surface area contributed by atoms with Crippen LogP contribution in [0.4, 0.5) is 0 Å². The lowest BCUT2D eigenvalue weighted by molar-refractivity contribution is -0.120. The number of rotatable bonds is 10. The highest BCUT2D eigenvalue weighted by Crippen LogP contribution is 2.38. The molecular formula is C21H27N3O5S. The van der Waals surface area contributed by atoms with E-state index in [0.717, 1.165) is 30.7 Å². The Bertz CT molecular complexity index is 864. The van der Waals surface area contributed by atoms with Crippen LogP contribution in [0.25, 0.3) is 0 Å². The van der Waals surface area contributed by atoms with Crippen molar-refractivity contribution >= 4 is 23.2 Å². The molecule has 0 saturated heterocycles. The molecule has 9 heteroatoms. The van der Waals surface area contributed by atoms with E-state index in [4.69, 9.17) is 24.9 Å². The van der Waals surface area contributed by atoms with Crippen molar-refractivity contribution in [2.45, 2.75) is 38.5 Å². The van der Waals surface area contributed by atoms with Gasteiger partial charge in [-0.3, -0.25) is 9.59 Å². The first kappa shape index (κ1) is 21.9. The number of nitrogens with two attached hydrogens (primary N) is 1. The number of carbonyl (C=O) groups excluding carboxylic acids is 2. The highest BCUT2D eigenvalue weighted by molar-refractivity contribution is 7.11. The van der Waals surface area contributed by atoms with Crippen molar-refractivity contribution in [3.63, 3.8) is 0 Å². The standard InChI is InChI=1S/C21H27N3O5S/c1-27-15-10-13(11-16(28-2)20(15)29-12-18(22)25)21(26)23-9-5-8-19-24-14-6-3-4-7-17(14)30-19/h10-11H,3-9,12H2,1-2H3,(H2,22,25)(H,23,26). The quantitative estimate of drug-likeness (QED) is 0.556. The molecule has 2 amide bonds. The van der Waals surface area contributed by atoms with Crippen LogP contribution in [0.15, 0.2) is 12.1 Å². The maximum absolute atomic E-state index is 12.6. The number of primary amides is 1. The molecule has 8 nitrogen and oxygen atoms in total. The summed E-state index contributed by atoms with van der Waals surface area (Å²) >= 11 is 1.80. The third kappa shape index (κ3) is 5.41. The number of methoxy groups -OCH3 is 2. The van der Waals surface area contributed by atoms with E-state index in [9.17, 15) is 9.59 Å². The number of aromatic nitrogens is 1. The summed E-state index contributed by atoms with van der Waals surface area (Å²) in [4.78, 5) is 29.7. The molecule has 0 unspecified atom stereocenters. The third-order valence-corrected chi connectivity index (χ3v) is 6.04. The Kier molecular flexibility index (Phi) is 7.51. The van der Waals surface area contributed by atoms with Gasteiger partial charge in [0.1, 0.15) is 0 Å². The lowest BCUT2D eigenvalue weighted by atomic mass is 10.0. The maximum Gasteiger partial charge on any atom is 0.255 e. The molecule has 1 aromatic heterocycles. The van der Waals surface area contributed by atoms with Crippen molar-refractivity contribution < 1.29 is 23.8 Å². The van der Waals surface area contributed by atoms with Crippen LogP contribution in [-0.2, 0) is 24.1 Å². The summed E-state index contributed by atoms with van der Waals surface area (Å²) in [7, 11) is 2.89. The molecule has 2 aromatic rings. The van der Waals surface area contributed by atoms with Crippen LogP contribution in [-0.4, -0.2) is 44.2 Å². The van der Waals surface area contributed by atoms with Crippen LogP contribution in [0.1, 0.15) is 45.2 Å². The van der Waals surface area contributed by atoms with Crippen molar-refractivity contribution in [3.05, 3.63) is 33.3 Å². The molecule has 0 aliphatic heterocycles. The van der Waals surface area contributed by atoms with Crippen LogP contribution in [0.5, 0.6) is 17.2 Å². The van der Waals surface area contributed by atoms with E-state index >= 15 is 0 Å². The third-order valence-electron chi connectivity index (χ3n) is 4.82. The molecule has 1 heterocycles. The van der Waals surface area contributed by atoms with Crippen LogP contribution in [0, 0.1) is 0 Å². The minimum absolute atomic E-state index is 0.225. The Hall–Kier alpha value is -2.81. The van der Waals surface area contributed by atoms with E-state index in [0.29, 0.717) is 12.1 Å². The highest BCUT2D eigenvalue weighted by atomic mass is 32.1. The molecule has 0 atom stereocenters. The van der Waals surface area contributed by atoms with Gasteiger partial charge in [-0.1, -0.05) is 0 Å². The fourth-order valence-electron chi connectivity index (χ4n) is 3.35. The van der Waals surface area contributed by atoms with Crippen LogP contribution in [0.2, 0.25) is 0 Å². The average molecular weight is 434 g/mol. The smallest absolute Gasteiger partial charge is 0.255 e. The van der Waals surface area contributed by atoms with E-state index in [1.807, 2.05) is 0 Å². The zero-order valence-corrected chi connectivity index (χ0v) is 18.1. The largest absolute Gasteiger partial charge is 0.493 e. The summed E-state index contributed by atoms with van der Waals surface area (Å²) in [5.41, 5.74) is 6.77. The molecule has 0 saturated carbocycles. The Morgan fingerprint density at radius 1 is 1.17 bits per heavy atom. The van der Waals surface area contributed by atoms with Gasteiger partial charge in [-0.25, -0.2) is 4.98 Å². The Labute approximate surface area is 179 Å². The SMILES string of the molecule is COc1cc(C(=O)NCCCc2nc3c(s2)CCCC3)cc(OC)c1OCC(N)=O. The van der Waals surface area contributed by atoms with Crippen molar-refractivity contribution in [1.82, 2.24) is 10.3 Å². The molecule has 0 fully saturated rings. The van der Waals surface area contributed by atoms with Gasteiger partial charge in [0.15, 0.2) is 18.1 Å². The van der Waals surface area contributed by atoms with Gasteiger partial charge >= 0.3 is 0 Å². The predicted octanol–water partition coefficient (Wildman–Crippen LogP) is 2.27. The second-order valence-electron chi connectivity index (χ2n) is 7.01. The molecule has 1 aliphatic carbocycles. The molecule has 0 radical (unpaired) electrons. The first-order chi connectivity index (χ1) is 14.5. The lowest BCUT2D eigenvalue weighted by Crippen LogP contribution is -2.25. The van der Waals surface area contributed by atoms with Gasteiger partial charge in [0.2, 0.25) is 5.75 Å². The van der Waals surface area contributed by atoms with Crippen LogP contribution < -0.4 is 25.3 Å². The molecule has 0 bridgehead atoms. The predicted molar refractivity (Wildman–Crippen MR) is 114 cm³/mol. The molecule has 0 spiro atoms. The second-order valence-corrected chi connectivity index (χ2v) is 8.18. The minimum Gasteiger partial charge on any atom is -0.493 e. The normalized spacial score (nSPS) is 12.7. The van der Waals surface area contributed by atoms with E-state index < -0.39 is 5.91 Å². The van der Waals surface area contributed by atoms with Gasteiger partial charge in [-0.15, -0.1) is 11.3 Å². The average Bonchev–Trinajstić information content (AvgIpc) is 3.17. The topological polar surface area (TPSA) is 113 Å². The summed E-state index contributed by atoms with van der Waals surface area (Å²) in [6.45, 7) is 0.214. The Morgan fingerprint density at radius 2 is 1.87 bits per heavy atom. The fourth-order valence-corrected chi connectivity index (χ4v) is 4.55. The van der Waals surface area contributed by atoms with Crippen LogP contribution in [0.3, 0.4) is 0 Å². The number of nitrogens with one attached hydrogen (secondary N) is 1. The first-order valence-corrected chi connectivity index (χ1v) is 10.8. The monoisotopic (exact) mass is 433 g/mol. The van der Waals surface area contributed by atoms with Gasteiger partial charge in [-0.2, -0.15) is 0 Å². The van der Waals surface area contributed by atoms with E-state index in [1.54, 1.807) is 23.5 Å². The number of nitrogens with zero attached hydrogens (tertiary/aromatic N) is 1. The van der Waals surface area contributed by atoms with Gasteiger partial charge in [0.25, 0.3) is 11.8 Å². The Morgan fingerprint density at radius 3 is 2.50 bits per heavy atom. The molecular weight excluding hydrogens is 406 g/mol. The first-order valence-electron chi connectivity index (χ1n) is 9.94. The zero-order valence-electron chi connectivity index (χ0n) is 17.3. The lowest BCUT2D eigenvalue weighted by Gasteiger charge is -2.15. The number of carbonyl (C=O) groups is 2. The molecule has 1 aliphatic rings. The number of ether oxygens (including phenoxy) is 3. The van der Waals surface area contributed by atoms with Crippen LogP contribution >= 0.6 is 11.3 Å². The minimum atomic E-state index is -0.623. The van der Waals surface area contributed by atoms with Gasteiger partial charge in [0.05, 0.1) is 24.9 Å². The summed E-state index contributed by atoms with van der Waals surface area (Å²) < 4.78 is 15.9. The van der Waals surface area contributed by atoms with Crippen molar-refractivity contribution in [3.8, 4) is 17.2 Å². The van der Waals surface area contributed by atoms with Gasteiger partial charge in [0, 0.05) is 23.4 Å². The number of hydrogen-bond donors (Lipinski definition) is 2. The second kappa shape index (κ2) is 10.3. The fraction of sp³-hybridized carbons (Fsp3) is 0.476. The van der Waals surface area contributed by atoms with Crippen molar-refractivity contribution in [2.75, 3.05) is 27.4 Å². The van der Waals surface area contributed by atoms with E-state index in [2.05, 4.69) is 5.32 Å². The van der Waals surface area contributed by atoms with Gasteiger partial charge < -0.3 is 25.3 Å². The van der Waals surface area contributed by atoms with E-state index in [1.165, 1.54) is 37.6 Å². The maximum atomic E-state index is 12.6. The Balaban J connectivity index is 1.57. The summed E-state index contributed by atoms with van der Waals surface area (Å²) in [5.74, 6) is -0.0696. The summed E-state index contributed by atoms with van der Waals surface area (Å²) in [5, 5.41) is 4.06. The summed E-state index contributed by atoms with van der Waals surface area (Å²) in [6.07, 6.45) is 6.38. The molecule has 3 N–H and O–H groups in total. The number of benzene rings is 1. The van der Waals surface area contributed by atoms with Gasteiger partial charge in [-0.05, 0) is 44.2 Å².